The topological polar surface area (TPSA) is 117 Å². The number of aliphatic imine (C=N–C) groups is 1. The second-order valence-corrected chi connectivity index (χ2v) is 10.2. The van der Waals surface area contributed by atoms with Crippen molar-refractivity contribution in [1.29, 1.82) is 0 Å². The van der Waals surface area contributed by atoms with E-state index in [1.807, 2.05) is 0 Å². The van der Waals surface area contributed by atoms with Crippen LogP contribution in [0.15, 0.2) is 47.5 Å². The van der Waals surface area contributed by atoms with Crippen LogP contribution in [0.4, 0.5) is 32.0 Å². The van der Waals surface area contributed by atoms with E-state index in [2.05, 4.69) is 15.6 Å². The summed E-state index contributed by atoms with van der Waals surface area (Å²) in [6, 6.07) is 8.54. The first-order chi connectivity index (χ1) is 19.7. The number of benzene rings is 2. The lowest BCUT2D eigenvalue weighted by Gasteiger charge is -2.25. The summed E-state index contributed by atoms with van der Waals surface area (Å²) in [5.41, 5.74) is -1.01. The number of carboxylic acid groups (broad SMARTS) is 1. The highest BCUT2D eigenvalue weighted by Gasteiger charge is 2.42. The number of fused-ring (bicyclic) bond motifs is 1. The third kappa shape index (κ3) is 7.39. The molecule has 42 heavy (non-hydrogen) atoms. The zero-order valence-electron chi connectivity index (χ0n) is 22.2. The predicted molar refractivity (Wildman–Crippen MR) is 138 cm³/mol. The van der Waals surface area contributed by atoms with Crippen LogP contribution in [-0.2, 0) is 20.6 Å². The highest BCUT2D eigenvalue weighted by atomic mass is 19.4. The molecular weight excluding hydrogens is 572 g/mol. The minimum absolute atomic E-state index is 0.0104. The minimum atomic E-state index is -4.71. The van der Waals surface area contributed by atoms with E-state index >= 15 is 0 Å². The molecule has 1 saturated carbocycles. The lowest BCUT2D eigenvalue weighted by atomic mass is 9.83. The highest BCUT2D eigenvalue weighted by molar-refractivity contribution is 6.20. The largest absolute Gasteiger partial charge is 0.495 e. The van der Waals surface area contributed by atoms with Crippen molar-refractivity contribution in [3.8, 4) is 5.75 Å². The van der Waals surface area contributed by atoms with Crippen LogP contribution in [0, 0.1) is 17.8 Å². The molecule has 1 fully saturated rings. The zero-order chi connectivity index (χ0) is 30.8. The van der Waals surface area contributed by atoms with Gasteiger partial charge in [0.05, 0.1) is 35.9 Å². The number of aliphatic carboxylic acids is 1. The summed E-state index contributed by atoms with van der Waals surface area (Å²) >= 11 is 0. The lowest BCUT2D eigenvalue weighted by Crippen LogP contribution is -2.47. The Kier molecular flexibility index (Phi) is 8.83. The number of carbonyl (C=O) groups excluding carboxylic acids is 2. The van der Waals surface area contributed by atoms with Crippen LogP contribution >= 0.6 is 0 Å². The molecule has 3 atom stereocenters. The van der Waals surface area contributed by atoms with Gasteiger partial charge in [-0.1, -0.05) is 37.1 Å². The first-order valence-electron chi connectivity index (χ1n) is 13.0. The molecule has 2 aromatic rings. The third-order valence-corrected chi connectivity index (χ3v) is 7.16. The molecule has 0 radical (unpaired) electrons. The van der Waals surface area contributed by atoms with Gasteiger partial charge in [-0.25, -0.2) is 4.99 Å². The highest BCUT2D eigenvalue weighted by Crippen LogP contribution is 2.40. The fraction of sp³-hybridized carbons (Fsp3) is 0.429. The molecule has 2 aliphatic rings. The first-order valence-corrected chi connectivity index (χ1v) is 13.0. The Hall–Kier alpha value is -4.10. The number of ether oxygens (including phenoxy) is 1. The van der Waals surface area contributed by atoms with E-state index in [0.29, 0.717) is 12.8 Å². The molecule has 14 heteroatoms. The van der Waals surface area contributed by atoms with Crippen molar-refractivity contribution < 1.29 is 50.6 Å². The molecule has 4 rings (SSSR count). The number of benzodiazepines with no additional fused rings is 1. The van der Waals surface area contributed by atoms with Gasteiger partial charge in [0.2, 0.25) is 12.1 Å². The van der Waals surface area contributed by atoms with Gasteiger partial charge in [0.25, 0.3) is 5.91 Å². The van der Waals surface area contributed by atoms with E-state index in [-0.39, 0.29) is 40.6 Å². The van der Waals surface area contributed by atoms with Crippen molar-refractivity contribution in [2.75, 3.05) is 12.4 Å². The van der Waals surface area contributed by atoms with Gasteiger partial charge in [-0.2, -0.15) is 26.3 Å². The van der Waals surface area contributed by atoms with E-state index in [9.17, 15) is 45.8 Å². The minimum Gasteiger partial charge on any atom is -0.495 e. The van der Waals surface area contributed by atoms with Crippen LogP contribution in [0.25, 0.3) is 0 Å². The Labute approximate surface area is 236 Å². The second kappa shape index (κ2) is 12.0. The van der Waals surface area contributed by atoms with Gasteiger partial charge in [-0.05, 0) is 37.0 Å². The normalized spacial score (nSPS) is 18.6. The molecule has 1 aliphatic heterocycles. The average Bonchev–Trinajstić information content (AvgIpc) is 3.74. The van der Waals surface area contributed by atoms with Crippen molar-refractivity contribution in [3.05, 3.63) is 59.2 Å². The number of carboxylic acids is 1. The molecular formula is C28H27F6N3O5. The smallest absolute Gasteiger partial charge is 0.416 e. The van der Waals surface area contributed by atoms with Crippen molar-refractivity contribution in [2.24, 2.45) is 22.7 Å². The number of hydrogen-bond acceptors (Lipinski definition) is 5. The Morgan fingerprint density at radius 2 is 1.79 bits per heavy atom. The fourth-order valence-electron chi connectivity index (χ4n) is 4.87. The van der Waals surface area contributed by atoms with E-state index < -0.39 is 66.5 Å². The molecule has 226 valence electrons. The number of nitrogens with zero attached hydrogens (tertiary/aromatic N) is 1. The van der Waals surface area contributed by atoms with Crippen LogP contribution in [0.2, 0.25) is 0 Å². The molecule has 0 saturated heterocycles. The lowest BCUT2D eigenvalue weighted by molar-refractivity contribution is -0.154. The first kappa shape index (κ1) is 30.8. The average molecular weight is 600 g/mol. The number of anilines is 1. The van der Waals surface area contributed by atoms with Gasteiger partial charge in [0.1, 0.15) is 5.75 Å². The van der Waals surface area contributed by atoms with E-state index in [4.69, 9.17) is 4.74 Å². The van der Waals surface area contributed by atoms with Crippen LogP contribution < -0.4 is 15.4 Å². The number of rotatable bonds is 10. The van der Waals surface area contributed by atoms with Crippen molar-refractivity contribution in [2.45, 2.75) is 50.6 Å². The molecule has 1 aliphatic carbocycles. The summed E-state index contributed by atoms with van der Waals surface area (Å²) in [7, 11) is 1.30. The number of para-hydroxylation sites is 1. The monoisotopic (exact) mass is 599 g/mol. The molecule has 0 spiro atoms. The van der Waals surface area contributed by atoms with Crippen LogP contribution in [0.1, 0.15) is 48.8 Å². The van der Waals surface area contributed by atoms with Gasteiger partial charge >= 0.3 is 18.3 Å². The van der Waals surface area contributed by atoms with Crippen molar-refractivity contribution in [3.63, 3.8) is 0 Å². The number of halogens is 6. The molecule has 0 bridgehead atoms. The Morgan fingerprint density at radius 3 is 2.38 bits per heavy atom. The summed E-state index contributed by atoms with van der Waals surface area (Å²) < 4.78 is 85.2. The van der Waals surface area contributed by atoms with Crippen molar-refractivity contribution in [1.82, 2.24) is 5.32 Å². The van der Waals surface area contributed by atoms with Crippen LogP contribution in [0.3, 0.4) is 0 Å². The number of amides is 2. The van der Waals surface area contributed by atoms with Gasteiger partial charge in [0.15, 0.2) is 0 Å². The molecule has 1 heterocycles. The molecule has 2 unspecified atom stereocenters. The molecule has 2 amide bonds. The summed E-state index contributed by atoms with van der Waals surface area (Å²) in [5.74, 6) is -6.55. The number of alkyl halides is 6. The predicted octanol–water partition coefficient (Wildman–Crippen LogP) is 5.41. The molecule has 8 nitrogen and oxygen atoms in total. The Bertz CT molecular complexity index is 1390. The summed E-state index contributed by atoms with van der Waals surface area (Å²) in [5, 5.41) is 14.6. The van der Waals surface area contributed by atoms with E-state index in [1.54, 1.807) is 0 Å². The Balaban J connectivity index is 1.75. The quantitative estimate of drug-likeness (QED) is 0.316. The Morgan fingerprint density at radius 1 is 1.10 bits per heavy atom. The summed E-state index contributed by atoms with van der Waals surface area (Å²) in [6.07, 6.45) is -12.1. The zero-order valence-corrected chi connectivity index (χ0v) is 22.2. The maximum absolute atomic E-state index is 13.5. The summed E-state index contributed by atoms with van der Waals surface area (Å²) in [4.78, 5) is 42.9. The molecule has 3 N–H and O–H groups in total. The van der Waals surface area contributed by atoms with Crippen LogP contribution in [-0.4, -0.2) is 48.1 Å². The van der Waals surface area contributed by atoms with Gasteiger partial charge < -0.3 is 20.5 Å². The second-order valence-electron chi connectivity index (χ2n) is 10.2. The van der Waals surface area contributed by atoms with Crippen molar-refractivity contribution >= 4 is 29.2 Å². The standard InChI is InChI=1S/C28H27F6N3O5/c1-42-20-7-3-6-18-21(15-4-2-5-16(13-15)28(32,33)34)35-23(25(39)36-22(18)20)37-24(38)17(10-11-27(29,30)31)19(26(40)41)12-14-8-9-14/h2-7,13-14,17,19,23H,8-12H2,1H3,(H,36,39)(H,37,38)(H,40,41)/t17?,19?,23-/m0/s1. The number of nitrogens with one attached hydrogen (secondary N) is 2. The van der Waals surface area contributed by atoms with Gasteiger partial charge in [-0.3, -0.25) is 14.4 Å². The van der Waals surface area contributed by atoms with E-state index in [0.717, 1.165) is 18.2 Å². The molecule has 2 aromatic carbocycles. The van der Waals surface area contributed by atoms with Crippen LogP contribution in [0.5, 0.6) is 5.75 Å². The number of carbonyl (C=O) groups is 3. The van der Waals surface area contributed by atoms with Gasteiger partial charge in [0, 0.05) is 17.5 Å². The molecule has 0 aromatic heterocycles. The van der Waals surface area contributed by atoms with E-state index in [1.165, 1.54) is 31.4 Å². The maximum atomic E-state index is 13.5. The summed E-state index contributed by atoms with van der Waals surface area (Å²) in [6.45, 7) is 0. The SMILES string of the molecule is COc1cccc2c1NC(=O)[C@H](NC(=O)C(CCC(F)(F)F)C(CC1CC1)C(=O)O)N=C2c1cccc(C(F)(F)F)c1. The maximum Gasteiger partial charge on any atom is 0.416 e. The number of hydrogen-bond donors (Lipinski definition) is 3. The third-order valence-electron chi connectivity index (χ3n) is 7.16. The van der Waals surface area contributed by atoms with Gasteiger partial charge in [-0.15, -0.1) is 0 Å². The fourth-order valence-corrected chi connectivity index (χ4v) is 4.87. The number of methoxy groups -OCH3 is 1.